The molecule has 0 aliphatic rings. The first-order valence-electron chi connectivity index (χ1n) is 7.59. The smallest absolute Gasteiger partial charge is 0.308 e. The molecule has 0 spiro atoms. The van der Waals surface area contributed by atoms with Crippen LogP contribution in [0.5, 0.6) is 0 Å². The number of carbonyl (C=O) groups is 1. The van der Waals surface area contributed by atoms with Crippen LogP contribution in [0.2, 0.25) is 0 Å². The third-order valence-corrected chi connectivity index (χ3v) is 4.03. The van der Waals surface area contributed by atoms with Crippen LogP contribution in [0.3, 0.4) is 0 Å². The van der Waals surface area contributed by atoms with E-state index in [-0.39, 0.29) is 11.9 Å². The average Bonchev–Trinajstić information content (AvgIpc) is 2.37. The van der Waals surface area contributed by atoms with Crippen LogP contribution in [0.15, 0.2) is 0 Å². The van der Waals surface area contributed by atoms with E-state index < -0.39 is 0 Å². The van der Waals surface area contributed by atoms with Gasteiger partial charge in [-0.05, 0) is 18.3 Å². The van der Waals surface area contributed by atoms with Crippen LogP contribution in [-0.4, -0.2) is 13.1 Å². The molecule has 0 saturated carbocycles. The number of esters is 1. The third kappa shape index (κ3) is 8.54. The second kappa shape index (κ2) is 10.4. The molecule has 0 aromatic carbocycles. The van der Waals surface area contributed by atoms with Crippen molar-refractivity contribution in [2.75, 3.05) is 7.11 Å². The maximum Gasteiger partial charge on any atom is 0.308 e. The Balaban J connectivity index is 3.53. The zero-order valence-electron chi connectivity index (χ0n) is 13.0. The summed E-state index contributed by atoms with van der Waals surface area (Å²) in [6.07, 6.45) is 8.68. The maximum absolute atomic E-state index is 11.2. The molecule has 108 valence electrons. The highest BCUT2D eigenvalue weighted by Gasteiger charge is 2.13. The summed E-state index contributed by atoms with van der Waals surface area (Å²) in [5.74, 6) is 1.65. The number of hydrogen-bond acceptors (Lipinski definition) is 2. The Hall–Kier alpha value is -0.530. The lowest BCUT2D eigenvalue weighted by Crippen LogP contribution is -2.12. The second-order valence-corrected chi connectivity index (χ2v) is 5.90. The monoisotopic (exact) mass is 256 g/mol. The van der Waals surface area contributed by atoms with Gasteiger partial charge in [0.25, 0.3) is 0 Å². The Kier molecular flexibility index (Phi) is 10.1. The molecule has 0 aromatic heterocycles. The quantitative estimate of drug-likeness (QED) is 0.524. The van der Waals surface area contributed by atoms with Gasteiger partial charge in [0, 0.05) is 0 Å². The maximum atomic E-state index is 11.2. The van der Waals surface area contributed by atoms with Crippen molar-refractivity contribution in [1.29, 1.82) is 0 Å². The van der Waals surface area contributed by atoms with E-state index >= 15 is 0 Å². The predicted octanol–water partition coefficient (Wildman–Crippen LogP) is 4.82. The summed E-state index contributed by atoms with van der Waals surface area (Å²) in [5.41, 5.74) is 0. The van der Waals surface area contributed by atoms with Gasteiger partial charge in [0.1, 0.15) is 0 Å². The molecular formula is C16H32O2. The molecule has 0 aliphatic carbocycles. The molecule has 2 nitrogen and oxygen atoms in total. The van der Waals surface area contributed by atoms with E-state index in [1.54, 1.807) is 0 Å². The Morgan fingerprint density at radius 3 is 1.94 bits per heavy atom. The lowest BCUT2D eigenvalue weighted by Gasteiger charge is -2.14. The Bertz CT molecular complexity index is 213. The highest BCUT2D eigenvalue weighted by atomic mass is 16.5. The lowest BCUT2D eigenvalue weighted by atomic mass is 9.92. The molecule has 18 heavy (non-hydrogen) atoms. The molecular weight excluding hydrogens is 224 g/mol. The van der Waals surface area contributed by atoms with Gasteiger partial charge in [0.2, 0.25) is 0 Å². The fraction of sp³-hybridized carbons (Fsp3) is 0.938. The minimum atomic E-state index is -0.0700. The average molecular weight is 256 g/mol. The third-order valence-electron chi connectivity index (χ3n) is 4.03. The van der Waals surface area contributed by atoms with Crippen molar-refractivity contribution in [2.45, 2.75) is 72.6 Å². The zero-order valence-corrected chi connectivity index (χ0v) is 13.0. The first-order chi connectivity index (χ1) is 8.51. The molecule has 0 aromatic rings. The molecule has 0 N–H and O–H groups in total. The highest BCUT2D eigenvalue weighted by molar-refractivity contribution is 5.71. The molecule has 0 heterocycles. The summed E-state index contributed by atoms with van der Waals surface area (Å²) < 4.78 is 4.73. The van der Waals surface area contributed by atoms with E-state index in [4.69, 9.17) is 4.74 Å². The van der Waals surface area contributed by atoms with Gasteiger partial charge in [-0.1, -0.05) is 66.2 Å². The van der Waals surface area contributed by atoms with Gasteiger partial charge in [-0.15, -0.1) is 0 Å². The van der Waals surface area contributed by atoms with Gasteiger partial charge in [-0.25, -0.2) is 0 Å². The number of hydrogen-bond donors (Lipinski definition) is 0. The molecule has 3 atom stereocenters. The van der Waals surface area contributed by atoms with E-state index in [0.29, 0.717) is 0 Å². The summed E-state index contributed by atoms with van der Waals surface area (Å²) >= 11 is 0. The van der Waals surface area contributed by atoms with E-state index in [1.165, 1.54) is 39.2 Å². The summed E-state index contributed by atoms with van der Waals surface area (Å²) in [7, 11) is 1.47. The number of methoxy groups -OCH3 is 1. The number of ether oxygens (including phenoxy) is 1. The molecule has 0 bridgehead atoms. The predicted molar refractivity (Wildman–Crippen MR) is 77.5 cm³/mol. The van der Waals surface area contributed by atoms with Crippen molar-refractivity contribution >= 4 is 5.97 Å². The first-order valence-corrected chi connectivity index (χ1v) is 7.59. The molecule has 0 unspecified atom stereocenters. The zero-order chi connectivity index (χ0) is 14.0. The minimum Gasteiger partial charge on any atom is -0.469 e. The van der Waals surface area contributed by atoms with Gasteiger partial charge >= 0.3 is 5.97 Å². The van der Waals surface area contributed by atoms with Crippen molar-refractivity contribution < 1.29 is 9.53 Å². The number of carbonyl (C=O) groups excluding carboxylic acids is 1. The highest BCUT2D eigenvalue weighted by Crippen LogP contribution is 2.20. The molecule has 0 saturated heterocycles. The van der Waals surface area contributed by atoms with Crippen LogP contribution in [0, 0.1) is 17.8 Å². The van der Waals surface area contributed by atoms with Gasteiger partial charge in [0.05, 0.1) is 13.0 Å². The topological polar surface area (TPSA) is 26.3 Å². The van der Waals surface area contributed by atoms with Crippen LogP contribution < -0.4 is 0 Å². The van der Waals surface area contributed by atoms with Crippen molar-refractivity contribution in [3.63, 3.8) is 0 Å². The Labute approximate surface area is 113 Å². The van der Waals surface area contributed by atoms with Crippen molar-refractivity contribution in [3.8, 4) is 0 Å². The van der Waals surface area contributed by atoms with Crippen molar-refractivity contribution in [1.82, 2.24) is 0 Å². The molecule has 0 aliphatic heterocycles. The number of rotatable bonds is 10. The summed E-state index contributed by atoms with van der Waals surface area (Å²) in [6.45, 7) is 8.89. The lowest BCUT2D eigenvalue weighted by molar-refractivity contribution is -0.145. The van der Waals surface area contributed by atoms with Crippen LogP contribution in [0.25, 0.3) is 0 Å². The minimum absolute atomic E-state index is 0.0577. The first kappa shape index (κ1) is 17.5. The van der Waals surface area contributed by atoms with Crippen LogP contribution in [0.4, 0.5) is 0 Å². The SMILES string of the molecule is CC[C@H](C)CCC[C@H](C)CCC[C@@H](C)C(=O)OC. The van der Waals surface area contributed by atoms with Crippen LogP contribution in [0.1, 0.15) is 72.6 Å². The molecule has 0 amide bonds. The van der Waals surface area contributed by atoms with Gasteiger partial charge in [-0.3, -0.25) is 4.79 Å². The van der Waals surface area contributed by atoms with E-state index in [0.717, 1.165) is 24.7 Å². The van der Waals surface area contributed by atoms with E-state index in [2.05, 4.69) is 20.8 Å². The summed E-state index contributed by atoms with van der Waals surface area (Å²) in [6, 6.07) is 0. The molecule has 0 radical (unpaired) electrons. The fourth-order valence-corrected chi connectivity index (χ4v) is 2.25. The normalized spacial score (nSPS) is 16.1. The van der Waals surface area contributed by atoms with Gasteiger partial charge < -0.3 is 4.74 Å². The Morgan fingerprint density at radius 2 is 1.44 bits per heavy atom. The van der Waals surface area contributed by atoms with Gasteiger partial charge in [0.15, 0.2) is 0 Å². The summed E-state index contributed by atoms with van der Waals surface area (Å²) in [4.78, 5) is 11.2. The van der Waals surface area contributed by atoms with Crippen molar-refractivity contribution in [3.05, 3.63) is 0 Å². The fourth-order valence-electron chi connectivity index (χ4n) is 2.25. The van der Waals surface area contributed by atoms with Crippen LogP contribution >= 0.6 is 0 Å². The van der Waals surface area contributed by atoms with Gasteiger partial charge in [-0.2, -0.15) is 0 Å². The summed E-state index contributed by atoms with van der Waals surface area (Å²) in [5, 5.41) is 0. The Morgan fingerprint density at radius 1 is 0.944 bits per heavy atom. The second-order valence-electron chi connectivity index (χ2n) is 5.90. The standard InChI is InChI=1S/C16H32O2/c1-6-13(2)9-7-10-14(3)11-8-12-15(4)16(17)18-5/h13-15H,6-12H2,1-5H3/t13-,14-,15+/m0/s1. The van der Waals surface area contributed by atoms with E-state index in [9.17, 15) is 4.79 Å². The van der Waals surface area contributed by atoms with Crippen molar-refractivity contribution in [2.24, 2.45) is 17.8 Å². The molecule has 2 heteroatoms. The molecule has 0 fully saturated rings. The van der Waals surface area contributed by atoms with Crippen LogP contribution in [-0.2, 0) is 9.53 Å². The van der Waals surface area contributed by atoms with E-state index in [1.807, 2.05) is 6.92 Å². The largest absolute Gasteiger partial charge is 0.469 e. The molecule has 0 rings (SSSR count).